The molecule has 0 saturated heterocycles. The minimum atomic E-state index is -0.103. The van der Waals surface area contributed by atoms with Gasteiger partial charge in [0.15, 0.2) is 0 Å². The van der Waals surface area contributed by atoms with Crippen LogP contribution in [0.2, 0.25) is 10.3 Å². The van der Waals surface area contributed by atoms with Crippen molar-refractivity contribution >= 4 is 45.7 Å². The molecule has 1 aliphatic rings. The molecule has 0 spiro atoms. The van der Waals surface area contributed by atoms with Crippen molar-refractivity contribution in [1.29, 1.82) is 5.26 Å². The minimum Gasteiger partial charge on any atom is -0.310 e. The van der Waals surface area contributed by atoms with Crippen molar-refractivity contribution < 1.29 is 4.79 Å². The van der Waals surface area contributed by atoms with Crippen LogP contribution in [0, 0.1) is 23.2 Å². The van der Waals surface area contributed by atoms with Crippen LogP contribution < -0.4 is 5.32 Å². The van der Waals surface area contributed by atoms with E-state index in [1.807, 2.05) is 0 Å². The third-order valence-corrected chi connectivity index (χ3v) is 3.98. The third-order valence-electron chi connectivity index (χ3n) is 3.50. The molecule has 0 bridgehead atoms. The Morgan fingerprint density at radius 3 is 3.05 bits per heavy atom. The lowest BCUT2D eigenvalue weighted by atomic mass is 10.2. The molecule has 7 heteroatoms. The van der Waals surface area contributed by atoms with Gasteiger partial charge in [-0.15, -0.1) is 0 Å². The highest BCUT2D eigenvalue weighted by atomic mass is 35.5. The molecular weight excluding hydrogens is 311 g/mol. The number of carbonyl (C=O) groups excluding carboxylic acids is 1. The molecule has 3 rings (SSSR count). The van der Waals surface area contributed by atoms with Gasteiger partial charge in [0.25, 0.3) is 0 Å². The molecule has 2 atom stereocenters. The monoisotopic (exact) mass is 320 g/mol. The number of nitrogens with zero attached hydrogens (tertiary/aromatic N) is 3. The molecule has 1 fully saturated rings. The average molecular weight is 321 g/mol. The summed E-state index contributed by atoms with van der Waals surface area (Å²) in [6, 6.07) is 5.45. The van der Waals surface area contributed by atoms with Crippen molar-refractivity contribution in [2.24, 2.45) is 11.8 Å². The Bertz CT molecular complexity index is 771. The first-order valence-corrected chi connectivity index (χ1v) is 7.13. The smallest absolute Gasteiger partial charge is 0.228 e. The minimum absolute atomic E-state index is 0.0910. The van der Waals surface area contributed by atoms with Crippen LogP contribution in [0.1, 0.15) is 12.8 Å². The molecule has 21 heavy (non-hydrogen) atoms. The van der Waals surface area contributed by atoms with Gasteiger partial charge in [-0.05, 0) is 29.9 Å². The van der Waals surface area contributed by atoms with E-state index in [1.165, 1.54) is 0 Å². The van der Waals surface area contributed by atoms with Gasteiger partial charge in [0.1, 0.15) is 16.1 Å². The van der Waals surface area contributed by atoms with Crippen LogP contribution in [0.25, 0.3) is 10.8 Å². The Morgan fingerprint density at radius 1 is 1.48 bits per heavy atom. The number of nitrogens with one attached hydrogen (secondary N) is 1. The molecule has 0 unspecified atom stereocenters. The second-order valence-electron chi connectivity index (χ2n) is 4.98. The highest BCUT2D eigenvalue weighted by Gasteiger charge is 2.42. The van der Waals surface area contributed by atoms with Crippen molar-refractivity contribution in [3.8, 4) is 6.07 Å². The molecular formula is C14H10Cl2N4O. The zero-order valence-corrected chi connectivity index (χ0v) is 12.3. The zero-order chi connectivity index (χ0) is 15.0. The summed E-state index contributed by atoms with van der Waals surface area (Å²) in [5, 5.41) is 13.4. The molecule has 5 nitrogen and oxygen atoms in total. The van der Waals surface area contributed by atoms with Gasteiger partial charge in [0.2, 0.25) is 5.91 Å². The van der Waals surface area contributed by atoms with E-state index in [9.17, 15) is 4.79 Å². The summed E-state index contributed by atoms with van der Waals surface area (Å²) < 4.78 is 0. The Kier molecular flexibility index (Phi) is 3.66. The first kappa shape index (κ1) is 14.1. The maximum Gasteiger partial charge on any atom is 0.228 e. The third kappa shape index (κ3) is 2.92. The number of pyridine rings is 2. The highest BCUT2D eigenvalue weighted by Crippen LogP contribution is 2.41. The maximum absolute atomic E-state index is 12.0. The van der Waals surface area contributed by atoms with Gasteiger partial charge in [-0.25, -0.2) is 9.97 Å². The second-order valence-corrected chi connectivity index (χ2v) is 5.73. The van der Waals surface area contributed by atoms with E-state index in [0.29, 0.717) is 17.6 Å². The highest BCUT2D eigenvalue weighted by molar-refractivity contribution is 6.36. The number of rotatable bonds is 3. The number of carbonyl (C=O) groups is 1. The van der Waals surface area contributed by atoms with E-state index < -0.39 is 0 Å². The molecule has 0 aliphatic heterocycles. The molecule has 2 aromatic rings. The SMILES string of the molecule is N#CC[C@H]1C[C@@H]1C(=O)Nc1cc2cc(Cl)nc(Cl)c2cn1. The molecule has 0 radical (unpaired) electrons. The number of nitriles is 1. The zero-order valence-electron chi connectivity index (χ0n) is 10.8. The van der Waals surface area contributed by atoms with Crippen molar-refractivity contribution in [3.63, 3.8) is 0 Å². The van der Waals surface area contributed by atoms with Crippen molar-refractivity contribution in [2.45, 2.75) is 12.8 Å². The second kappa shape index (κ2) is 5.47. The van der Waals surface area contributed by atoms with Gasteiger partial charge in [0, 0.05) is 23.9 Å². The summed E-state index contributed by atoms with van der Waals surface area (Å²) in [5.74, 6) is 0.414. The van der Waals surface area contributed by atoms with Gasteiger partial charge in [-0.3, -0.25) is 4.79 Å². The predicted molar refractivity (Wildman–Crippen MR) is 80.0 cm³/mol. The standard InChI is InChI=1S/C14H10Cl2N4O/c15-11-4-8-5-12(18-6-10(8)13(16)19-11)20-14(21)9-3-7(9)1-2-17/h4-7,9H,1,3H2,(H,18,20,21)/t7-,9-/m0/s1. The lowest BCUT2D eigenvalue weighted by Gasteiger charge is -2.06. The van der Waals surface area contributed by atoms with Gasteiger partial charge in [0.05, 0.1) is 6.07 Å². The number of hydrogen-bond acceptors (Lipinski definition) is 4. The van der Waals surface area contributed by atoms with Crippen molar-refractivity contribution in [2.75, 3.05) is 5.32 Å². The Labute approximate surface area is 130 Å². The van der Waals surface area contributed by atoms with E-state index in [0.717, 1.165) is 11.8 Å². The number of halogens is 2. The molecule has 2 aromatic heterocycles. The molecule has 1 amide bonds. The summed E-state index contributed by atoms with van der Waals surface area (Å²) in [4.78, 5) is 20.1. The predicted octanol–water partition coefficient (Wildman–Crippen LogP) is 3.42. The first-order chi connectivity index (χ1) is 10.1. The van der Waals surface area contributed by atoms with Crippen LogP contribution in [0.5, 0.6) is 0 Å². The summed E-state index contributed by atoms with van der Waals surface area (Å²) in [6.07, 6.45) is 2.73. The summed E-state index contributed by atoms with van der Waals surface area (Å²) in [6.45, 7) is 0. The fraction of sp³-hybridized carbons (Fsp3) is 0.286. The largest absolute Gasteiger partial charge is 0.310 e. The molecule has 106 valence electrons. The lowest BCUT2D eigenvalue weighted by molar-refractivity contribution is -0.117. The van der Waals surface area contributed by atoms with Crippen molar-refractivity contribution in [1.82, 2.24) is 9.97 Å². The molecule has 2 heterocycles. The number of hydrogen-bond donors (Lipinski definition) is 1. The topological polar surface area (TPSA) is 78.7 Å². The van der Waals surface area contributed by atoms with Gasteiger partial charge >= 0.3 is 0 Å². The van der Waals surface area contributed by atoms with Crippen LogP contribution in [-0.2, 0) is 4.79 Å². The van der Waals surface area contributed by atoms with E-state index in [2.05, 4.69) is 21.4 Å². The molecule has 1 N–H and O–H groups in total. The van der Waals surface area contributed by atoms with Crippen molar-refractivity contribution in [3.05, 3.63) is 28.6 Å². The first-order valence-electron chi connectivity index (χ1n) is 6.38. The van der Waals surface area contributed by atoms with Crippen LogP contribution >= 0.6 is 23.2 Å². The average Bonchev–Trinajstić information content (AvgIpc) is 3.18. The summed E-state index contributed by atoms with van der Waals surface area (Å²) in [5.41, 5.74) is 0. The number of aromatic nitrogens is 2. The van der Waals surface area contributed by atoms with Gasteiger partial charge in [-0.1, -0.05) is 23.2 Å². The van der Waals surface area contributed by atoms with E-state index >= 15 is 0 Å². The number of amides is 1. The van der Waals surface area contributed by atoms with Crippen LogP contribution in [-0.4, -0.2) is 15.9 Å². The lowest BCUT2D eigenvalue weighted by Crippen LogP contribution is -2.15. The molecule has 0 aromatic carbocycles. The van der Waals surface area contributed by atoms with E-state index in [-0.39, 0.29) is 28.0 Å². The van der Waals surface area contributed by atoms with Gasteiger partial charge in [-0.2, -0.15) is 5.26 Å². The number of fused-ring (bicyclic) bond motifs is 1. The van der Waals surface area contributed by atoms with E-state index in [1.54, 1.807) is 18.3 Å². The molecule has 1 saturated carbocycles. The Hall–Kier alpha value is -1.90. The number of anilines is 1. The Morgan fingerprint density at radius 2 is 2.29 bits per heavy atom. The molecule has 1 aliphatic carbocycles. The fourth-order valence-corrected chi connectivity index (χ4v) is 2.77. The fourth-order valence-electron chi connectivity index (χ4n) is 2.28. The van der Waals surface area contributed by atoms with Gasteiger partial charge < -0.3 is 5.32 Å². The van der Waals surface area contributed by atoms with Crippen LogP contribution in [0.15, 0.2) is 18.3 Å². The Balaban J connectivity index is 1.79. The summed E-state index contributed by atoms with van der Waals surface area (Å²) >= 11 is 11.8. The normalized spacial score (nSPS) is 20.0. The maximum atomic E-state index is 12.0. The quantitative estimate of drug-likeness (QED) is 0.879. The summed E-state index contributed by atoms with van der Waals surface area (Å²) in [7, 11) is 0. The van der Waals surface area contributed by atoms with Crippen LogP contribution in [0.3, 0.4) is 0 Å². The van der Waals surface area contributed by atoms with E-state index in [4.69, 9.17) is 28.5 Å². The van der Waals surface area contributed by atoms with Crippen LogP contribution in [0.4, 0.5) is 5.82 Å².